The van der Waals surface area contributed by atoms with Gasteiger partial charge in [0, 0.05) is 5.56 Å². The monoisotopic (exact) mass is 269 g/mol. The van der Waals surface area contributed by atoms with Gasteiger partial charge in [0.05, 0.1) is 5.56 Å². The summed E-state index contributed by atoms with van der Waals surface area (Å²) in [7, 11) is 0. The van der Waals surface area contributed by atoms with Gasteiger partial charge in [-0.3, -0.25) is 9.59 Å². The van der Waals surface area contributed by atoms with Crippen LogP contribution in [0.5, 0.6) is 5.75 Å². The highest BCUT2D eigenvalue weighted by atomic mass is 16.7. The summed E-state index contributed by atoms with van der Waals surface area (Å²) in [5, 5.41) is 10.5. The Bertz CT molecular complexity index is 661. The summed E-state index contributed by atoms with van der Waals surface area (Å²) < 4.78 is 4.38. The van der Waals surface area contributed by atoms with Crippen molar-refractivity contribution in [3.8, 4) is 5.75 Å². The lowest BCUT2D eigenvalue weighted by molar-refractivity contribution is 0.0812. The Morgan fingerprint density at radius 3 is 2.00 bits per heavy atom. The molecular weight excluding hydrogens is 260 g/mol. The number of rotatable bonds is 4. The molecule has 0 saturated heterocycles. The number of ketones is 2. The summed E-state index contributed by atoms with van der Waals surface area (Å²) in [6.45, 7) is 0. The van der Waals surface area contributed by atoms with Crippen LogP contribution in [-0.4, -0.2) is 17.7 Å². The van der Waals surface area contributed by atoms with Crippen LogP contribution in [0.3, 0.4) is 0 Å². The highest BCUT2D eigenvalue weighted by molar-refractivity contribution is 6.49. The number of Topliss-reactive ketones (excluding diaryl/α,β-unsaturated/α-hetero) is 2. The van der Waals surface area contributed by atoms with Gasteiger partial charge in [0.2, 0.25) is 11.6 Å². The van der Waals surface area contributed by atoms with Gasteiger partial charge in [-0.25, -0.2) is 0 Å². The quantitative estimate of drug-likeness (QED) is 0.370. The number of carbonyl (C=O) groups excluding carboxylic acids is 3. The minimum atomic E-state index is -1.79. The Morgan fingerprint density at radius 1 is 0.750 bits per heavy atom. The maximum atomic E-state index is 12.1. The highest BCUT2D eigenvalue weighted by Gasteiger charge is 2.22. The van der Waals surface area contributed by atoms with Crippen LogP contribution in [0.1, 0.15) is 20.7 Å². The predicted molar refractivity (Wildman–Crippen MR) is 68.3 cm³/mol. The molecule has 0 spiro atoms. The molecule has 0 saturated carbocycles. The van der Waals surface area contributed by atoms with Crippen molar-refractivity contribution >= 4 is 17.7 Å². The molecule has 99 valence electrons. The Balaban J connectivity index is 2.34. The zero-order valence-electron chi connectivity index (χ0n) is 10.2. The van der Waals surface area contributed by atoms with E-state index < -0.39 is 17.7 Å². The van der Waals surface area contributed by atoms with E-state index in [1.54, 1.807) is 18.2 Å². The van der Waals surface area contributed by atoms with Crippen LogP contribution in [0, 0.1) is 0 Å². The second-order valence-electron chi connectivity index (χ2n) is 3.87. The van der Waals surface area contributed by atoms with E-state index in [4.69, 9.17) is 0 Å². The topological polar surface area (TPSA) is 80.3 Å². The molecule has 0 amide bonds. The van der Waals surface area contributed by atoms with E-state index in [9.17, 15) is 19.5 Å². The van der Waals surface area contributed by atoms with Crippen molar-refractivity contribution in [2.75, 3.05) is 0 Å². The number of hydrogen-bond donors (Lipinski definition) is 0. The molecule has 0 aliphatic rings. The molecule has 0 aromatic heterocycles. The lowest BCUT2D eigenvalue weighted by Gasteiger charge is -2.05. The van der Waals surface area contributed by atoms with E-state index in [1.165, 1.54) is 36.4 Å². The van der Waals surface area contributed by atoms with E-state index in [0.717, 1.165) is 0 Å². The van der Waals surface area contributed by atoms with Gasteiger partial charge in [0.15, 0.2) is 0 Å². The summed E-state index contributed by atoms with van der Waals surface area (Å²) in [6.07, 6.45) is -1.79. The Morgan fingerprint density at radius 2 is 1.35 bits per heavy atom. The minimum Gasteiger partial charge on any atom is -0.392 e. The number of carbonyl (C=O) groups is 3. The van der Waals surface area contributed by atoms with Gasteiger partial charge in [-0.2, -0.15) is 9.90 Å². The Kier molecular flexibility index (Phi) is 3.91. The molecule has 20 heavy (non-hydrogen) atoms. The molecular formula is C15H9O5. The molecule has 1 radical (unpaired) electrons. The van der Waals surface area contributed by atoms with Crippen molar-refractivity contribution in [3.05, 3.63) is 65.7 Å². The van der Waals surface area contributed by atoms with Crippen molar-refractivity contribution in [3.63, 3.8) is 0 Å². The zero-order valence-corrected chi connectivity index (χ0v) is 10.2. The van der Waals surface area contributed by atoms with Crippen LogP contribution in [0.2, 0.25) is 0 Å². The third-order valence-corrected chi connectivity index (χ3v) is 2.57. The lowest BCUT2D eigenvalue weighted by atomic mass is 10.0. The van der Waals surface area contributed by atoms with E-state index >= 15 is 0 Å². The standard InChI is InChI=1S/C15H9O5/c16-13(10-6-2-1-3-7-10)14(17)11-8-4-5-9-12(11)20-15(18)19/h1-9H. The van der Waals surface area contributed by atoms with E-state index in [0.29, 0.717) is 0 Å². The SMILES string of the molecule is [O]C(=O)Oc1ccccc1C(=O)C(=O)c1ccccc1. The van der Waals surface area contributed by atoms with Gasteiger partial charge < -0.3 is 4.74 Å². The molecule has 0 heterocycles. The molecule has 0 aliphatic carbocycles. The molecule has 0 fully saturated rings. The molecule has 0 aliphatic heterocycles. The van der Waals surface area contributed by atoms with Crippen molar-refractivity contribution in [1.29, 1.82) is 0 Å². The van der Waals surface area contributed by atoms with Crippen LogP contribution in [0.15, 0.2) is 54.6 Å². The number of benzene rings is 2. The molecule has 5 heteroatoms. The molecule has 2 aromatic carbocycles. The number of hydrogen-bond acceptors (Lipinski definition) is 4. The first-order valence-corrected chi connectivity index (χ1v) is 5.71. The molecule has 0 atom stereocenters. The van der Waals surface area contributed by atoms with Crippen molar-refractivity contribution in [1.82, 2.24) is 0 Å². The minimum absolute atomic E-state index is 0.120. The van der Waals surface area contributed by atoms with Gasteiger partial charge in [-0.15, -0.1) is 0 Å². The first kappa shape index (κ1) is 13.5. The fraction of sp³-hybridized carbons (Fsp3) is 0. The summed E-state index contributed by atoms with van der Waals surface area (Å²) in [4.78, 5) is 34.6. The Labute approximate surface area is 114 Å². The fourth-order valence-electron chi connectivity index (χ4n) is 1.68. The average molecular weight is 269 g/mol. The smallest absolute Gasteiger partial charge is 0.392 e. The van der Waals surface area contributed by atoms with Gasteiger partial charge in [0.1, 0.15) is 5.75 Å². The van der Waals surface area contributed by atoms with Crippen LogP contribution in [-0.2, 0) is 5.11 Å². The third-order valence-electron chi connectivity index (χ3n) is 2.57. The summed E-state index contributed by atoms with van der Waals surface area (Å²) in [6, 6.07) is 13.6. The van der Waals surface area contributed by atoms with E-state index in [-0.39, 0.29) is 16.9 Å². The van der Waals surface area contributed by atoms with Crippen molar-refractivity contribution < 1.29 is 24.2 Å². The Hall–Kier alpha value is -2.95. The maximum Gasteiger partial charge on any atom is 0.555 e. The molecule has 2 aromatic rings. The average Bonchev–Trinajstić information content (AvgIpc) is 2.46. The third kappa shape index (κ3) is 2.89. The fourth-order valence-corrected chi connectivity index (χ4v) is 1.68. The second kappa shape index (κ2) is 5.79. The van der Waals surface area contributed by atoms with Gasteiger partial charge in [0.25, 0.3) is 0 Å². The number of ether oxygens (including phenoxy) is 1. The lowest BCUT2D eigenvalue weighted by Crippen LogP contribution is -2.16. The van der Waals surface area contributed by atoms with E-state index in [1.807, 2.05) is 0 Å². The summed E-state index contributed by atoms with van der Waals surface area (Å²) in [5.41, 5.74) is 0.103. The second-order valence-corrected chi connectivity index (χ2v) is 3.87. The van der Waals surface area contributed by atoms with Crippen LogP contribution in [0.4, 0.5) is 4.79 Å². The van der Waals surface area contributed by atoms with Gasteiger partial charge in [-0.1, -0.05) is 42.5 Å². The van der Waals surface area contributed by atoms with Crippen LogP contribution in [0.25, 0.3) is 0 Å². The first-order chi connectivity index (χ1) is 9.59. The predicted octanol–water partition coefficient (Wildman–Crippen LogP) is 2.68. The molecule has 5 nitrogen and oxygen atoms in total. The molecule has 0 unspecified atom stereocenters. The van der Waals surface area contributed by atoms with Crippen LogP contribution < -0.4 is 4.74 Å². The van der Waals surface area contributed by atoms with Crippen molar-refractivity contribution in [2.45, 2.75) is 0 Å². The highest BCUT2D eigenvalue weighted by Crippen LogP contribution is 2.20. The maximum absolute atomic E-state index is 12.1. The first-order valence-electron chi connectivity index (χ1n) is 5.71. The normalized spacial score (nSPS) is 9.80. The van der Waals surface area contributed by atoms with Gasteiger partial charge in [-0.05, 0) is 12.1 Å². The van der Waals surface area contributed by atoms with Crippen molar-refractivity contribution in [2.24, 2.45) is 0 Å². The van der Waals surface area contributed by atoms with E-state index in [2.05, 4.69) is 4.74 Å². The summed E-state index contributed by atoms with van der Waals surface area (Å²) >= 11 is 0. The zero-order chi connectivity index (χ0) is 14.5. The molecule has 2 rings (SSSR count). The van der Waals surface area contributed by atoms with Crippen LogP contribution >= 0.6 is 0 Å². The number of para-hydroxylation sites is 1. The molecule has 0 bridgehead atoms. The largest absolute Gasteiger partial charge is 0.555 e. The summed E-state index contributed by atoms with van der Waals surface area (Å²) in [5.74, 6) is -1.80. The van der Waals surface area contributed by atoms with Gasteiger partial charge >= 0.3 is 6.16 Å². The molecule has 0 N–H and O–H groups in total.